The van der Waals surface area contributed by atoms with Crippen molar-refractivity contribution in [3.8, 4) is 11.5 Å². The van der Waals surface area contributed by atoms with Crippen molar-refractivity contribution in [2.24, 2.45) is 0 Å². The molecule has 2 aromatic carbocycles. The van der Waals surface area contributed by atoms with Gasteiger partial charge in [0.2, 0.25) is 8.32 Å². The Bertz CT molecular complexity index is 527. The first-order valence-corrected chi connectivity index (χ1v) is 10.2. The molecule has 0 atom stereocenters. The van der Waals surface area contributed by atoms with E-state index < -0.39 is 8.32 Å². The highest BCUT2D eigenvalue weighted by molar-refractivity contribution is 6.70. The molecule has 0 unspecified atom stereocenters. The second-order valence-corrected chi connectivity index (χ2v) is 10.3. The van der Waals surface area contributed by atoms with Crippen LogP contribution in [0.3, 0.4) is 0 Å². The Morgan fingerprint density at radius 1 is 0.850 bits per heavy atom. The number of hydrogen-bond donors (Lipinski definition) is 1. The average molecular weight is 288 g/mol. The fourth-order valence-electron chi connectivity index (χ4n) is 1.66. The minimum Gasteiger partial charge on any atom is -0.544 e. The van der Waals surface area contributed by atoms with E-state index in [1.165, 1.54) is 5.56 Å². The summed E-state index contributed by atoms with van der Waals surface area (Å²) in [7, 11) is -1.42. The Morgan fingerprint density at radius 2 is 1.40 bits per heavy atom. The molecule has 0 aliphatic carbocycles. The molecule has 0 aliphatic rings. The van der Waals surface area contributed by atoms with Gasteiger partial charge in [0.25, 0.3) is 0 Å². The molecule has 0 bridgehead atoms. The van der Waals surface area contributed by atoms with Crippen molar-refractivity contribution in [1.82, 2.24) is 0 Å². The number of phenols is 1. The van der Waals surface area contributed by atoms with Crippen molar-refractivity contribution in [1.29, 1.82) is 0 Å². The third-order valence-corrected chi connectivity index (χ3v) is 3.26. The van der Waals surface area contributed by atoms with Gasteiger partial charge in [-0.05, 0) is 68.9 Å². The smallest absolute Gasteiger partial charge is 0.242 e. The zero-order chi connectivity index (χ0) is 15.2. The number of aryl methyl sites for hydroxylation is 2. The zero-order valence-electron chi connectivity index (χ0n) is 13.0. The fourth-order valence-corrected chi connectivity index (χ4v) is 2.49. The lowest BCUT2D eigenvalue weighted by atomic mass is 10.2. The van der Waals surface area contributed by atoms with Gasteiger partial charge in [0, 0.05) is 0 Å². The summed E-state index contributed by atoms with van der Waals surface area (Å²) in [5, 5.41) is 8.81. The number of phenolic OH excluding ortho intramolecular Hbond substituents is 1. The van der Waals surface area contributed by atoms with E-state index in [4.69, 9.17) is 9.53 Å². The number of benzene rings is 2. The zero-order valence-corrected chi connectivity index (χ0v) is 14.0. The molecule has 0 heterocycles. The van der Waals surface area contributed by atoms with Crippen molar-refractivity contribution in [2.75, 3.05) is 0 Å². The number of rotatable bonds is 2. The van der Waals surface area contributed by atoms with Gasteiger partial charge >= 0.3 is 0 Å². The van der Waals surface area contributed by atoms with Crippen molar-refractivity contribution >= 4 is 8.32 Å². The number of hydrogen-bond acceptors (Lipinski definition) is 2. The van der Waals surface area contributed by atoms with Crippen molar-refractivity contribution in [3.63, 3.8) is 0 Å². The van der Waals surface area contributed by atoms with E-state index in [-0.39, 0.29) is 0 Å². The summed E-state index contributed by atoms with van der Waals surface area (Å²) in [6, 6.07) is 15.4. The van der Waals surface area contributed by atoms with E-state index in [2.05, 4.69) is 38.7 Å². The maximum absolute atomic E-state index is 8.81. The van der Waals surface area contributed by atoms with Crippen LogP contribution in [0.5, 0.6) is 11.5 Å². The van der Waals surface area contributed by atoms with Crippen LogP contribution in [0.1, 0.15) is 11.1 Å². The van der Waals surface area contributed by atoms with Crippen LogP contribution in [-0.2, 0) is 0 Å². The quantitative estimate of drug-likeness (QED) is 0.796. The molecule has 0 saturated carbocycles. The van der Waals surface area contributed by atoms with Gasteiger partial charge in [0.15, 0.2) is 0 Å². The predicted octanol–water partition coefficient (Wildman–Crippen LogP) is 4.91. The fraction of sp³-hybridized carbons (Fsp3) is 0.294. The Balaban J connectivity index is 0.000000217. The van der Waals surface area contributed by atoms with E-state index in [1.54, 1.807) is 12.1 Å². The normalized spacial score (nSPS) is 10.4. The van der Waals surface area contributed by atoms with Gasteiger partial charge in [-0.1, -0.05) is 24.3 Å². The first-order valence-electron chi connectivity index (χ1n) is 6.77. The first kappa shape index (κ1) is 16.3. The molecule has 0 radical (unpaired) electrons. The van der Waals surface area contributed by atoms with Crippen LogP contribution >= 0.6 is 0 Å². The van der Waals surface area contributed by atoms with Gasteiger partial charge in [-0.25, -0.2) is 0 Å². The second kappa shape index (κ2) is 7.15. The summed E-state index contributed by atoms with van der Waals surface area (Å²) in [6.07, 6.45) is 0. The van der Waals surface area contributed by atoms with Crippen LogP contribution in [0.2, 0.25) is 19.6 Å². The standard InChI is InChI=1S/C10H16OSi.C7H8O/c1-9-6-5-7-10(8-9)11-12(2,3)4;1-6-3-2-4-7(8)5-6/h5-8H,1-4H3;2-5,8H,1H3. The molecule has 1 N–H and O–H groups in total. The van der Waals surface area contributed by atoms with Gasteiger partial charge in [0.1, 0.15) is 11.5 Å². The Morgan fingerprint density at radius 3 is 1.80 bits per heavy atom. The van der Waals surface area contributed by atoms with E-state index in [1.807, 2.05) is 31.2 Å². The molecule has 0 amide bonds. The van der Waals surface area contributed by atoms with E-state index in [0.29, 0.717) is 5.75 Å². The molecule has 0 spiro atoms. The van der Waals surface area contributed by atoms with Crippen LogP contribution < -0.4 is 4.43 Å². The SMILES string of the molecule is Cc1cccc(O)c1.Cc1cccc(O[Si](C)(C)C)c1. The lowest BCUT2D eigenvalue weighted by Crippen LogP contribution is -2.29. The molecule has 20 heavy (non-hydrogen) atoms. The number of aromatic hydroxyl groups is 1. The van der Waals surface area contributed by atoms with E-state index in [9.17, 15) is 0 Å². The largest absolute Gasteiger partial charge is 0.544 e. The topological polar surface area (TPSA) is 29.5 Å². The van der Waals surface area contributed by atoms with Crippen LogP contribution in [-0.4, -0.2) is 13.4 Å². The molecular formula is C17H24O2Si. The molecule has 0 aromatic heterocycles. The summed E-state index contributed by atoms with van der Waals surface area (Å²) in [6.45, 7) is 10.6. The molecule has 0 fully saturated rings. The maximum atomic E-state index is 8.81. The molecular weight excluding hydrogens is 264 g/mol. The lowest BCUT2D eigenvalue weighted by Gasteiger charge is -2.19. The van der Waals surface area contributed by atoms with E-state index >= 15 is 0 Å². The third-order valence-electron chi connectivity index (χ3n) is 2.42. The van der Waals surface area contributed by atoms with Crippen molar-refractivity contribution in [2.45, 2.75) is 33.5 Å². The Labute approximate surface area is 123 Å². The second-order valence-electron chi connectivity index (χ2n) is 5.87. The van der Waals surface area contributed by atoms with Crippen molar-refractivity contribution < 1.29 is 9.53 Å². The lowest BCUT2D eigenvalue weighted by molar-refractivity contribution is 0.475. The molecule has 3 heteroatoms. The summed E-state index contributed by atoms with van der Waals surface area (Å²) in [4.78, 5) is 0. The Hall–Kier alpha value is -1.74. The monoisotopic (exact) mass is 288 g/mol. The molecule has 0 saturated heterocycles. The molecule has 2 rings (SSSR count). The maximum Gasteiger partial charge on any atom is 0.242 e. The van der Waals surface area contributed by atoms with Crippen LogP contribution in [0, 0.1) is 13.8 Å². The van der Waals surface area contributed by atoms with Crippen LogP contribution in [0.4, 0.5) is 0 Å². The predicted molar refractivity (Wildman–Crippen MR) is 88.0 cm³/mol. The highest BCUT2D eigenvalue weighted by Crippen LogP contribution is 2.16. The third kappa shape index (κ3) is 7.00. The van der Waals surface area contributed by atoms with Crippen molar-refractivity contribution in [3.05, 3.63) is 59.7 Å². The van der Waals surface area contributed by atoms with Gasteiger partial charge in [-0.15, -0.1) is 0 Å². The van der Waals surface area contributed by atoms with Gasteiger partial charge < -0.3 is 9.53 Å². The summed E-state index contributed by atoms with van der Waals surface area (Å²) in [5.41, 5.74) is 2.34. The van der Waals surface area contributed by atoms with Gasteiger partial charge in [-0.2, -0.15) is 0 Å². The van der Waals surface area contributed by atoms with E-state index in [0.717, 1.165) is 11.3 Å². The minimum absolute atomic E-state index is 0.338. The summed E-state index contributed by atoms with van der Waals surface area (Å²) in [5.74, 6) is 1.35. The van der Waals surface area contributed by atoms with Crippen LogP contribution in [0.25, 0.3) is 0 Å². The summed E-state index contributed by atoms with van der Waals surface area (Å²) < 4.78 is 5.82. The molecule has 108 valence electrons. The molecule has 0 aliphatic heterocycles. The van der Waals surface area contributed by atoms with Crippen LogP contribution in [0.15, 0.2) is 48.5 Å². The highest BCUT2D eigenvalue weighted by Gasteiger charge is 2.15. The summed E-state index contributed by atoms with van der Waals surface area (Å²) >= 11 is 0. The van der Waals surface area contributed by atoms with Gasteiger partial charge in [-0.3, -0.25) is 0 Å². The first-order chi connectivity index (χ1) is 9.26. The van der Waals surface area contributed by atoms with Gasteiger partial charge in [0.05, 0.1) is 0 Å². The highest BCUT2D eigenvalue weighted by atomic mass is 28.4. The average Bonchev–Trinajstić information content (AvgIpc) is 2.26. The minimum atomic E-state index is -1.42. The Kier molecular flexibility index (Phi) is 5.83. The molecule has 2 nitrogen and oxygen atoms in total. The molecule has 2 aromatic rings.